The first-order chi connectivity index (χ1) is 18.6. The summed E-state index contributed by atoms with van der Waals surface area (Å²) in [5.74, 6) is -1.49. The topological polar surface area (TPSA) is 220 Å². The summed E-state index contributed by atoms with van der Waals surface area (Å²) in [6.45, 7) is 0.939. The van der Waals surface area contributed by atoms with Gasteiger partial charge >= 0.3 is 5.97 Å². The van der Waals surface area contributed by atoms with Crippen molar-refractivity contribution in [1.29, 1.82) is 0 Å². The minimum Gasteiger partial charge on any atom is -0.479 e. The molecule has 16 heteroatoms. The lowest BCUT2D eigenvalue weighted by molar-refractivity contribution is -0.179. The summed E-state index contributed by atoms with van der Waals surface area (Å²) in [4.78, 5) is 24.7. The molecular weight excluding hydrogens is 534 g/mol. The van der Waals surface area contributed by atoms with Crippen molar-refractivity contribution in [3.05, 3.63) is 53.3 Å². The number of aromatic nitrogens is 8. The van der Waals surface area contributed by atoms with E-state index in [0.29, 0.717) is 12.8 Å². The zero-order chi connectivity index (χ0) is 27.8. The van der Waals surface area contributed by atoms with Gasteiger partial charge in [-0.2, -0.15) is 15.2 Å². The summed E-state index contributed by atoms with van der Waals surface area (Å²) in [6, 6.07) is 9.57. The molecule has 0 bridgehead atoms. The third-order valence-electron chi connectivity index (χ3n) is 6.81. The molecule has 1 aliphatic heterocycles. The molecule has 3 aromatic heterocycles. The molecule has 4 aromatic rings. The van der Waals surface area contributed by atoms with Gasteiger partial charge in [0.25, 0.3) is 0 Å². The van der Waals surface area contributed by atoms with Crippen molar-refractivity contribution in [3.63, 3.8) is 0 Å². The van der Waals surface area contributed by atoms with Crippen LogP contribution in [0.2, 0.25) is 5.28 Å². The lowest BCUT2D eigenvalue weighted by Gasteiger charge is -2.29. The zero-order valence-electron chi connectivity index (χ0n) is 20.7. The number of nitrogen functional groups attached to an aromatic ring is 1. The molecule has 39 heavy (non-hydrogen) atoms. The maximum Gasteiger partial charge on any atom is 0.344 e. The minimum atomic E-state index is -1.99. The Morgan fingerprint density at radius 1 is 1.33 bits per heavy atom. The number of halogens is 1. The van der Waals surface area contributed by atoms with Crippen molar-refractivity contribution in [3.8, 4) is 0 Å². The van der Waals surface area contributed by atoms with E-state index in [-0.39, 0.29) is 34.5 Å². The van der Waals surface area contributed by atoms with Crippen molar-refractivity contribution in [2.45, 2.75) is 55.8 Å². The molecule has 0 aliphatic carbocycles. The van der Waals surface area contributed by atoms with Gasteiger partial charge < -0.3 is 30.5 Å². The van der Waals surface area contributed by atoms with E-state index in [4.69, 9.17) is 26.8 Å². The predicted octanol–water partition coefficient (Wildman–Crippen LogP) is 0.604. The number of hydrogen-bond acceptors (Lipinski definition) is 12. The molecule has 206 valence electrons. The maximum absolute atomic E-state index is 12.6. The van der Waals surface area contributed by atoms with E-state index in [1.807, 2.05) is 30.3 Å². The van der Waals surface area contributed by atoms with Gasteiger partial charge in [0.1, 0.15) is 23.3 Å². The quantitative estimate of drug-likeness (QED) is 0.168. The Kier molecular flexibility index (Phi) is 7.17. The number of aliphatic hydroxyl groups is 2. The highest BCUT2D eigenvalue weighted by atomic mass is 35.5. The number of aliphatic carboxylic acids is 1. The summed E-state index contributed by atoms with van der Waals surface area (Å²) in [5, 5.41) is 45.8. The fraction of sp³-hybridized carbons (Fsp3) is 0.435. The summed E-state index contributed by atoms with van der Waals surface area (Å²) in [5.41, 5.74) is 3.46. The molecule has 1 aromatic carbocycles. The number of fused-ring (bicyclic) bond motifs is 1. The normalized spacial score (nSPS) is 24.7. The number of carboxylic acids is 1. The van der Waals surface area contributed by atoms with Gasteiger partial charge in [-0.15, -0.1) is 10.2 Å². The predicted molar refractivity (Wildman–Crippen MR) is 134 cm³/mol. The number of benzene rings is 1. The number of aryl methyl sites for hydroxylation is 1. The molecule has 1 unspecified atom stereocenters. The average molecular weight is 560 g/mol. The van der Waals surface area contributed by atoms with E-state index in [0.717, 1.165) is 5.56 Å². The molecule has 0 amide bonds. The van der Waals surface area contributed by atoms with Crippen LogP contribution in [0.15, 0.2) is 36.7 Å². The minimum absolute atomic E-state index is 0.000250. The number of carboxylic acid groups (broad SMARTS) is 1. The number of aliphatic hydroxyl groups excluding tert-OH is 1. The van der Waals surface area contributed by atoms with Gasteiger partial charge in [0.05, 0.1) is 12.9 Å². The second-order valence-electron chi connectivity index (χ2n) is 9.42. The van der Waals surface area contributed by atoms with Crippen molar-refractivity contribution in [2.75, 3.05) is 12.3 Å². The molecule has 1 aliphatic rings. The van der Waals surface area contributed by atoms with Gasteiger partial charge in [0.15, 0.2) is 17.7 Å². The van der Waals surface area contributed by atoms with Gasteiger partial charge in [-0.1, -0.05) is 35.5 Å². The Morgan fingerprint density at radius 3 is 2.79 bits per heavy atom. The smallest absolute Gasteiger partial charge is 0.344 e. The second-order valence-corrected chi connectivity index (χ2v) is 9.76. The number of nitrogens with zero attached hydrogens (tertiary/aromatic N) is 7. The molecule has 0 radical (unpaired) electrons. The Bertz CT molecular complexity index is 1450. The van der Waals surface area contributed by atoms with Crippen LogP contribution in [-0.4, -0.2) is 85.8 Å². The fourth-order valence-corrected chi connectivity index (χ4v) is 4.89. The van der Waals surface area contributed by atoms with Crippen LogP contribution < -0.4 is 5.73 Å². The summed E-state index contributed by atoms with van der Waals surface area (Å²) in [6.07, 6.45) is -1.52. The average Bonchev–Trinajstić information content (AvgIpc) is 3.62. The number of ether oxygens (including phenoxy) is 2. The number of carbonyl (C=O) groups is 1. The molecule has 1 fully saturated rings. The van der Waals surface area contributed by atoms with E-state index >= 15 is 0 Å². The van der Waals surface area contributed by atoms with E-state index in [9.17, 15) is 20.1 Å². The SMILES string of the molecule is C[C@@]1(O)[C@H](O)[C@@H](COC(CCCc2ccccc2)(C(=O)O)c2nn[nH]n2)O[C@H]1n1cnc2c(N)nc(Cl)nc21. The third kappa shape index (κ3) is 4.90. The molecule has 5 atom stereocenters. The molecule has 6 N–H and O–H groups in total. The number of aromatic amines is 1. The molecular formula is C23H26ClN9O6. The highest BCUT2D eigenvalue weighted by molar-refractivity contribution is 6.28. The van der Waals surface area contributed by atoms with Gasteiger partial charge in [0, 0.05) is 0 Å². The largest absolute Gasteiger partial charge is 0.479 e. The number of rotatable bonds is 10. The number of anilines is 1. The maximum atomic E-state index is 12.6. The Labute approximate surface area is 226 Å². The lowest BCUT2D eigenvalue weighted by atomic mass is 9.93. The number of tetrazole rings is 1. The van der Waals surface area contributed by atoms with E-state index < -0.39 is 42.2 Å². The van der Waals surface area contributed by atoms with Crippen LogP contribution in [0.1, 0.15) is 37.4 Å². The van der Waals surface area contributed by atoms with E-state index in [1.54, 1.807) is 0 Å². The zero-order valence-corrected chi connectivity index (χ0v) is 21.4. The summed E-state index contributed by atoms with van der Waals surface area (Å²) >= 11 is 5.96. The van der Waals surface area contributed by atoms with Crippen LogP contribution >= 0.6 is 11.6 Å². The lowest BCUT2D eigenvalue weighted by Crippen LogP contribution is -2.46. The first kappa shape index (κ1) is 26.8. The third-order valence-corrected chi connectivity index (χ3v) is 6.98. The van der Waals surface area contributed by atoms with Crippen LogP contribution in [0.3, 0.4) is 0 Å². The molecule has 5 rings (SSSR count). The first-order valence-corrected chi connectivity index (χ1v) is 12.4. The van der Waals surface area contributed by atoms with Crippen LogP contribution in [0.5, 0.6) is 0 Å². The molecule has 15 nitrogen and oxygen atoms in total. The van der Waals surface area contributed by atoms with Gasteiger partial charge in [-0.25, -0.2) is 9.78 Å². The highest BCUT2D eigenvalue weighted by Crippen LogP contribution is 2.41. The van der Waals surface area contributed by atoms with Crippen LogP contribution in [-0.2, 0) is 26.3 Å². The van der Waals surface area contributed by atoms with E-state index in [2.05, 4.69) is 35.6 Å². The first-order valence-electron chi connectivity index (χ1n) is 12.0. The molecule has 1 saturated heterocycles. The van der Waals surface area contributed by atoms with Crippen molar-refractivity contribution >= 4 is 34.6 Å². The van der Waals surface area contributed by atoms with Crippen LogP contribution in [0.25, 0.3) is 11.2 Å². The van der Waals surface area contributed by atoms with Crippen molar-refractivity contribution in [1.82, 2.24) is 40.1 Å². The number of H-pyrrole nitrogens is 1. The summed E-state index contributed by atoms with van der Waals surface area (Å²) < 4.78 is 13.3. The highest BCUT2D eigenvalue weighted by Gasteiger charge is 2.55. The van der Waals surface area contributed by atoms with Gasteiger partial charge in [0.2, 0.25) is 16.7 Å². The monoisotopic (exact) mass is 559 g/mol. The number of nitrogens with two attached hydrogens (primary N) is 1. The Morgan fingerprint density at radius 2 is 2.10 bits per heavy atom. The van der Waals surface area contributed by atoms with Crippen molar-refractivity contribution < 1.29 is 29.6 Å². The number of hydrogen-bond donors (Lipinski definition) is 5. The second kappa shape index (κ2) is 10.4. The number of imidazole rings is 1. The fourth-order valence-electron chi connectivity index (χ4n) is 4.72. The van der Waals surface area contributed by atoms with Gasteiger partial charge in [-0.05, 0) is 43.4 Å². The number of nitrogens with one attached hydrogen (secondary N) is 1. The Hall–Kier alpha value is -3.76. The molecule has 0 saturated carbocycles. The Balaban J connectivity index is 1.38. The summed E-state index contributed by atoms with van der Waals surface area (Å²) in [7, 11) is 0. The van der Waals surface area contributed by atoms with E-state index in [1.165, 1.54) is 17.8 Å². The van der Waals surface area contributed by atoms with Crippen LogP contribution in [0, 0.1) is 0 Å². The van der Waals surface area contributed by atoms with Crippen LogP contribution in [0.4, 0.5) is 5.82 Å². The van der Waals surface area contributed by atoms with Gasteiger partial charge in [-0.3, -0.25) is 4.57 Å². The molecule has 0 spiro atoms. The molecule has 4 heterocycles. The standard InChI is InChI=1S/C23H26ClN9O6/c1-22(37)15(34)13(39-19(22)33-11-26-14-16(25)27-21(24)28-17(14)33)10-38-23(20(35)36,18-29-31-32-30-18)9-5-8-12-6-3-2-4-7-12/h2-4,6-7,11,13,15,19,34,37H,5,8-10H2,1H3,(H,35,36)(H2,25,27,28)(H,29,30,31,32)/t13-,15-,19-,22-,23?/m1/s1. The van der Waals surface area contributed by atoms with Crippen molar-refractivity contribution in [2.24, 2.45) is 0 Å².